The number of hydrogen-bond donors (Lipinski definition) is 2. The molecule has 10 heteroatoms. The van der Waals surface area contributed by atoms with Gasteiger partial charge in [0.25, 0.3) is 0 Å². The summed E-state index contributed by atoms with van der Waals surface area (Å²) in [6.07, 6.45) is -2.15. The Morgan fingerprint density at radius 2 is 2.08 bits per heavy atom. The number of aliphatic imine (C=N–C) groups is 1. The Bertz CT molecular complexity index is 516. The number of nitrogens with one attached hydrogen (secondary N) is 2. The maximum atomic E-state index is 12.2. The van der Waals surface area contributed by atoms with Gasteiger partial charge in [-0.25, -0.2) is 9.98 Å². The molecule has 144 valence electrons. The summed E-state index contributed by atoms with van der Waals surface area (Å²) in [7, 11) is 1.64. The van der Waals surface area contributed by atoms with Crippen molar-refractivity contribution in [2.24, 2.45) is 4.99 Å². The van der Waals surface area contributed by atoms with E-state index in [0.717, 1.165) is 6.42 Å². The van der Waals surface area contributed by atoms with E-state index in [2.05, 4.69) is 25.3 Å². The van der Waals surface area contributed by atoms with Gasteiger partial charge in [-0.05, 0) is 25.0 Å². The van der Waals surface area contributed by atoms with Crippen LogP contribution in [0.3, 0.4) is 0 Å². The topological polar surface area (TPSA) is 67.8 Å². The fourth-order valence-corrected chi connectivity index (χ4v) is 1.72. The zero-order valence-corrected chi connectivity index (χ0v) is 16.6. The molecule has 0 bridgehead atoms. The minimum atomic E-state index is -4.39. The third-order valence-electron chi connectivity index (χ3n) is 2.76. The molecule has 0 atom stereocenters. The van der Waals surface area contributed by atoms with Crippen LogP contribution in [0.25, 0.3) is 0 Å². The number of halogens is 4. The number of nitrogens with zero attached hydrogens (tertiary/aromatic N) is 2. The van der Waals surface area contributed by atoms with Crippen LogP contribution in [-0.4, -0.2) is 50.5 Å². The number of alkyl halides is 3. The first-order valence-corrected chi connectivity index (χ1v) is 7.60. The molecule has 1 heterocycles. The Kier molecular flexibility index (Phi) is 12.3. The van der Waals surface area contributed by atoms with Crippen LogP contribution in [-0.2, 0) is 11.3 Å². The molecule has 0 spiro atoms. The van der Waals surface area contributed by atoms with Gasteiger partial charge in [0.1, 0.15) is 0 Å². The van der Waals surface area contributed by atoms with Crippen molar-refractivity contribution in [2.45, 2.75) is 26.1 Å². The van der Waals surface area contributed by atoms with Crippen molar-refractivity contribution >= 4 is 29.9 Å². The summed E-state index contributed by atoms with van der Waals surface area (Å²) in [6, 6.07) is 3.13. The molecule has 25 heavy (non-hydrogen) atoms. The van der Waals surface area contributed by atoms with Crippen LogP contribution in [0.5, 0.6) is 5.88 Å². The van der Waals surface area contributed by atoms with Crippen LogP contribution in [0.15, 0.2) is 23.3 Å². The van der Waals surface area contributed by atoms with Crippen LogP contribution in [0, 0.1) is 0 Å². The van der Waals surface area contributed by atoms with E-state index in [0.29, 0.717) is 37.8 Å². The van der Waals surface area contributed by atoms with E-state index >= 15 is 0 Å². The molecule has 0 aliphatic heterocycles. The van der Waals surface area contributed by atoms with Crippen molar-refractivity contribution < 1.29 is 22.6 Å². The second kappa shape index (κ2) is 13.0. The molecule has 0 saturated carbocycles. The first kappa shape index (κ1) is 23.7. The van der Waals surface area contributed by atoms with E-state index in [9.17, 15) is 13.2 Å². The van der Waals surface area contributed by atoms with Crippen molar-refractivity contribution in [2.75, 3.05) is 33.4 Å². The van der Waals surface area contributed by atoms with Crippen molar-refractivity contribution in [3.05, 3.63) is 23.9 Å². The number of methoxy groups -OCH3 is 1. The Morgan fingerprint density at radius 3 is 2.72 bits per heavy atom. The average molecular weight is 476 g/mol. The molecule has 0 aliphatic rings. The quantitative estimate of drug-likeness (QED) is 0.249. The summed E-state index contributed by atoms with van der Waals surface area (Å²) < 4.78 is 46.1. The first-order chi connectivity index (χ1) is 11.4. The Balaban J connectivity index is 0.00000576. The minimum absolute atomic E-state index is 0. The van der Waals surface area contributed by atoms with Gasteiger partial charge in [0.15, 0.2) is 12.6 Å². The van der Waals surface area contributed by atoms with Crippen molar-refractivity contribution in [3.63, 3.8) is 0 Å². The zero-order chi connectivity index (χ0) is 17.8. The predicted octanol–water partition coefficient (Wildman–Crippen LogP) is 2.73. The maximum absolute atomic E-state index is 12.2. The minimum Gasteiger partial charge on any atom is -0.468 e. The predicted molar refractivity (Wildman–Crippen MR) is 101 cm³/mol. The van der Waals surface area contributed by atoms with Gasteiger partial charge in [-0.15, -0.1) is 24.0 Å². The highest BCUT2D eigenvalue weighted by Gasteiger charge is 2.28. The summed E-state index contributed by atoms with van der Waals surface area (Å²) in [6.45, 7) is 2.93. The normalized spacial score (nSPS) is 11.6. The highest BCUT2D eigenvalue weighted by Crippen LogP contribution is 2.17. The lowest BCUT2D eigenvalue weighted by atomic mass is 10.3. The molecule has 1 rings (SSSR count). The van der Waals surface area contributed by atoms with Crippen LogP contribution < -0.4 is 15.4 Å². The highest BCUT2D eigenvalue weighted by atomic mass is 127. The fourth-order valence-electron chi connectivity index (χ4n) is 1.72. The lowest BCUT2D eigenvalue weighted by Crippen LogP contribution is -2.38. The molecule has 6 nitrogen and oxygen atoms in total. The molecule has 1 aromatic heterocycles. The van der Waals surface area contributed by atoms with E-state index in [1.807, 2.05) is 6.92 Å². The van der Waals surface area contributed by atoms with Gasteiger partial charge in [-0.3, -0.25) is 0 Å². The largest absolute Gasteiger partial charge is 0.468 e. The molecule has 0 radical (unpaired) electrons. The summed E-state index contributed by atoms with van der Waals surface area (Å²) in [5.41, 5.74) is 0.705. The van der Waals surface area contributed by atoms with E-state index in [-0.39, 0.29) is 29.9 Å². The Labute approximate surface area is 162 Å². The molecule has 0 fully saturated rings. The molecule has 0 aliphatic carbocycles. The molecular weight excluding hydrogens is 452 g/mol. The lowest BCUT2D eigenvalue weighted by molar-refractivity contribution is -0.154. The van der Waals surface area contributed by atoms with Crippen LogP contribution >= 0.6 is 24.0 Å². The average Bonchev–Trinajstić information content (AvgIpc) is 2.54. The van der Waals surface area contributed by atoms with Gasteiger partial charge in [-0.1, -0.05) is 0 Å². The second-order valence-electron chi connectivity index (χ2n) is 4.87. The van der Waals surface area contributed by atoms with Gasteiger partial charge < -0.3 is 20.1 Å². The fraction of sp³-hybridized carbons (Fsp3) is 0.600. The molecule has 2 N–H and O–H groups in total. The van der Waals surface area contributed by atoms with E-state index in [4.69, 9.17) is 4.74 Å². The SMILES string of the molecule is CCNC(=NCc1ccnc(OCC(F)(F)F)c1)NCCCOC.I. The Morgan fingerprint density at radius 1 is 1.32 bits per heavy atom. The summed E-state index contributed by atoms with van der Waals surface area (Å²) >= 11 is 0. The van der Waals surface area contributed by atoms with Crippen molar-refractivity contribution in [1.82, 2.24) is 15.6 Å². The smallest absolute Gasteiger partial charge is 0.422 e. The molecular formula is C15H24F3IN4O2. The molecule has 0 unspecified atom stereocenters. The first-order valence-electron chi connectivity index (χ1n) is 7.60. The molecule has 0 aromatic carbocycles. The number of hydrogen-bond acceptors (Lipinski definition) is 4. The van der Waals surface area contributed by atoms with E-state index in [1.54, 1.807) is 13.2 Å². The van der Waals surface area contributed by atoms with E-state index in [1.165, 1.54) is 12.3 Å². The third kappa shape index (κ3) is 11.8. The van der Waals surface area contributed by atoms with Gasteiger partial charge in [-0.2, -0.15) is 13.2 Å². The van der Waals surface area contributed by atoms with Gasteiger partial charge >= 0.3 is 6.18 Å². The number of pyridine rings is 1. The molecule has 1 aromatic rings. The number of aromatic nitrogens is 1. The van der Waals surface area contributed by atoms with Crippen LogP contribution in [0.4, 0.5) is 13.2 Å². The number of ether oxygens (including phenoxy) is 2. The summed E-state index contributed by atoms with van der Waals surface area (Å²) in [4.78, 5) is 8.14. The lowest BCUT2D eigenvalue weighted by Gasteiger charge is -2.11. The van der Waals surface area contributed by atoms with Gasteiger partial charge in [0.05, 0.1) is 6.54 Å². The van der Waals surface area contributed by atoms with E-state index < -0.39 is 12.8 Å². The zero-order valence-electron chi connectivity index (χ0n) is 14.2. The standard InChI is InChI=1S/C15H23F3N4O2.HI/c1-3-19-14(21-6-4-8-23-2)22-10-12-5-7-20-13(9-12)24-11-15(16,17)18;/h5,7,9H,3-4,6,8,10-11H2,1-2H3,(H2,19,21,22);1H. The molecule has 0 saturated heterocycles. The Hall–Kier alpha value is -1.30. The summed E-state index contributed by atoms with van der Waals surface area (Å²) in [5.74, 6) is 0.557. The number of rotatable bonds is 9. The monoisotopic (exact) mass is 476 g/mol. The second-order valence-corrected chi connectivity index (χ2v) is 4.87. The maximum Gasteiger partial charge on any atom is 0.422 e. The molecule has 0 amide bonds. The van der Waals surface area contributed by atoms with Crippen LogP contribution in [0.2, 0.25) is 0 Å². The number of guanidine groups is 1. The van der Waals surface area contributed by atoms with Gasteiger partial charge in [0.2, 0.25) is 5.88 Å². The van der Waals surface area contributed by atoms with Gasteiger partial charge in [0, 0.05) is 39.1 Å². The van der Waals surface area contributed by atoms with Crippen LogP contribution in [0.1, 0.15) is 18.9 Å². The highest BCUT2D eigenvalue weighted by molar-refractivity contribution is 14.0. The van der Waals surface area contributed by atoms with Crippen molar-refractivity contribution in [3.8, 4) is 5.88 Å². The third-order valence-corrected chi connectivity index (χ3v) is 2.76. The summed E-state index contributed by atoms with van der Waals surface area (Å²) in [5, 5.41) is 6.24. The van der Waals surface area contributed by atoms with Crippen molar-refractivity contribution in [1.29, 1.82) is 0 Å².